The molecule has 0 spiro atoms. The number of methoxy groups -OCH3 is 1. The molecule has 0 aromatic heterocycles. The second-order valence-electron chi connectivity index (χ2n) is 5.22. The number of hydrogen-bond acceptors (Lipinski definition) is 7. The van der Waals surface area contributed by atoms with Crippen LogP contribution in [-0.2, 0) is 0 Å². The van der Waals surface area contributed by atoms with E-state index in [1.165, 1.54) is 6.21 Å². The molecule has 25 heavy (non-hydrogen) atoms. The second-order valence-corrected chi connectivity index (χ2v) is 5.22. The topological polar surface area (TPSA) is 87.6 Å². The molecule has 2 aromatic carbocycles. The quantitative estimate of drug-likeness (QED) is 0.675. The lowest BCUT2D eigenvalue weighted by molar-refractivity contribution is 0.0954. The van der Waals surface area contributed by atoms with Gasteiger partial charge in [-0.2, -0.15) is 5.10 Å². The summed E-state index contributed by atoms with van der Waals surface area (Å²) in [5.74, 6) is 2.47. The van der Waals surface area contributed by atoms with Gasteiger partial charge in [0.1, 0.15) is 0 Å². The van der Waals surface area contributed by atoms with Crippen molar-refractivity contribution in [2.24, 2.45) is 5.10 Å². The van der Waals surface area contributed by atoms with Crippen molar-refractivity contribution in [3.05, 3.63) is 41.5 Å². The summed E-state index contributed by atoms with van der Waals surface area (Å²) in [6.45, 7) is 0.303. The highest BCUT2D eigenvalue weighted by molar-refractivity contribution is 5.95. The van der Waals surface area contributed by atoms with Crippen LogP contribution in [0.5, 0.6) is 28.7 Å². The van der Waals surface area contributed by atoms with Crippen molar-refractivity contribution in [1.82, 2.24) is 5.43 Å². The van der Waals surface area contributed by atoms with E-state index in [4.69, 9.17) is 23.7 Å². The first-order valence-corrected chi connectivity index (χ1v) is 7.45. The smallest absolute Gasteiger partial charge is 0.271 e. The summed E-state index contributed by atoms with van der Waals surface area (Å²) in [6.07, 6.45) is 1.50. The number of benzene rings is 2. The highest BCUT2D eigenvalue weighted by Gasteiger charge is 2.20. The van der Waals surface area contributed by atoms with Crippen LogP contribution < -0.4 is 29.1 Å². The molecule has 0 atom stereocenters. The van der Waals surface area contributed by atoms with Crippen LogP contribution in [0.25, 0.3) is 0 Å². The van der Waals surface area contributed by atoms with E-state index >= 15 is 0 Å². The van der Waals surface area contributed by atoms with Crippen molar-refractivity contribution in [3.63, 3.8) is 0 Å². The van der Waals surface area contributed by atoms with Gasteiger partial charge in [0.25, 0.3) is 5.91 Å². The fourth-order valence-corrected chi connectivity index (χ4v) is 2.49. The standard InChI is InChI=1S/C17H14N2O6/c1-21-14-4-10(5-15-16(14)25-9-24-15)7-18-19-17(20)11-2-3-12-13(6-11)23-8-22-12/h2-7H,8-9H2,1H3,(H,19,20)/b18-7-. The summed E-state index contributed by atoms with van der Waals surface area (Å²) >= 11 is 0. The summed E-state index contributed by atoms with van der Waals surface area (Å²) in [4.78, 5) is 12.2. The molecule has 2 aliphatic heterocycles. The SMILES string of the molecule is COc1cc(/C=N\NC(=O)c2ccc3c(c2)OCO3)cc2c1OCO2. The zero-order chi connectivity index (χ0) is 17.2. The Hall–Kier alpha value is -3.42. The summed E-state index contributed by atoms with van der Waals surface area (Å²) in [5, 5.41) is 3.96. The lowest BCUT2D eigenvalue weighted by atomic mass is 10.2. The number of amides is 1. The maximum Gasteiger partial charge on any atom is 0.271 e. The molecular weight excluding hydrogens is 328 g/mol. The van der Waals surface area contributed by atoms with E-state index in [-0.39, 0.29) is 19.5 Å². The van der Waals surface area contributed by atoms with Crippen LogP contribution in [0, 0.1) is 0 Å². The Labute approximate surface area is 142 Å². The molecule has 0 bridgehead atoms. The van der Waals surface area contributed by atoms with Gasteiger partial charge in [-0.05, 0) is 30.3 Å². The van der Waals surface area contributed by atoms with E-state index in [2.05, 4.69) is 10.5 Å². The molecule has 0 aliphatic carbocycles. The highest BCUT2D eigenvalue weighted by Crippen LogP contribution is 2.41. The number of rotatable bonds is 4. The molecule has 0 unspecified atom stereocenters. The van der Waals surface area contributed by atoms with Gasteiger partial charge in [-0.3, -0.25) is 4.79 Å². The van der Waals surface area contributed by atoms with Crippen molar-refractivity contribution >= 4 is 12.1 Å². The van der Waals surface area contributed by atoms with Gasteiger partial charge in [0.2, 0.25) is 19.3 Å². The first-order valence-electron chi connectivity index (χ1n) is 7.45. The average Bonchev–Trinajstić information content (AvgIpc) is 3.29. The Bertz CT molecular complexity index is 864. The third-order valence-corrected chi connectivity index (χ3v) is 3.70. The molecule has 2 aromatic rings. The average molecular weight is 342 g/mol. The van der Waals surface area contributed by atoms with Crippen molar-refractivity contribution in [1.29, 1.82) is 0 Å². The van der Waals surface area contributed by atoms with Crippen LogP contribution in [0.15, 0.2) is 35.4 Å². The first-order chi connectivity index (χ1) is 12.2. The van der Waals surface area contributed by atoms with Gasteiger partial charge in [-0.25, -0.2) is 5.43 Å². The van der Waals surface area contributed by atoms with Gasteiger partial charge < -0.3 is 23.7 Å². The van der Waals surface area contributed by atoms with E-state index < -0.39 is 0 Å². The van der Waals surface area contributed by atoms with Crippen molar-refractivity contribution in [2.45, 2.75) is 0 Å². The first kappa shape index (κ1) is 15.1. The van der Waals surface area contributed by atoms with Gasteiger partial charge in [-0.1, -0.05) is 0 Å². The number of nitrogens with zero attached hydrogens (tertiary/aromatic N) is 1. The van der Waals surface area contributed by atoms with Crippen molar-refractivity contribution in [2.75, 3.05) is 20.7 Å². The Kier molecular flexibility index (Phi) is 3.77. The number of fused-ring (bicyclic) bond motifs is 2. The van der Waals surface area contributed by atoms with Crippen LogP contribution in [0.1, 0.15) is 15.9 Å². The van der Waals surface area contributed by atoms with Gasteiger partial charge in [-0.15, -0.1) is 0 Å². The second kappa shape index (κ2) is 6.23. The maximum absolute atomic E-state index is 12.2. The van der Waals surface area contributed by atoms with Gasteiger partial charge in [0, 0.05) is 11.1 Å². The van der Waals surface area contributed by atoms with E-state index in [1.54, 1.807) is 37.4 Å². The van der Waals surface area contributed by atoms with Crippen LogP contribution in [0.4, 0.5) is 0 Å². The summed E-state index contributed by atoms with van der Waals surface area (Å²) in [6, 6.07) is 8.42. The molecule has 0 fully saturated rings. The minimum Gasteiger partial charge on any atom is -0.493 e. The van der Waals surface area contributed by atoms with Crippen molar-refractivity contribution < 1.29 is 28.5 Å². The lowest BCUT2D eigenvalue weighted by Gasteiger charge is -2.05. The molecule has 1 N–H and O–H groups in total. The molecule has 0 saturated carbocycles. The number of nitrogens with one attached hydrogen (secondary N) is 1. The number of hydrogen-bond donors (Lipinski definition) is 1. The van der Waals surface area contributed by atoms with E-state index in [1.807, 2.05) is 0 Å². The minimum absolute atomic E-state index is 0.146. The summed E-state index contributed by atoms with van der Waals surface area (Å²) < 4.78 is 26.4. The number of carbonyl (C=O) groups excluding carboxylic acids is 1. The zero-order valence-electron chi connectivity index (χ0n) is 13.3. The van der Waals surface area contributed by atoms with E-state index in [0.29, 0.717) is 39.9 Å². The number of carbonyl (C=O) groups is 1. The zero-order valence-corrected chi connectivity index (χ0v) is 13.3. The molecule has 2 heterocycles. The van der Waals surface area contributed by atoms with E-state index in [0.717, 1.165) is 0 Å². The Morgan fingerprint density at radius 1 is 1.08 bits per heavy atom. The highest BCUT2D eigenvalue weighted by atomic mass is 16.7. The van der Waals surface area contributed by atoms with E-state index in [9.17, 15) is 4.79 Å². The van der Waals surface area contributed by atoms with Crippen LogP contribution in [0.3, 0.4) is 0 Å². The third-order valence-electron chi connectivity index (χ3n) is 3.70. The molecular formula is C17H14N2O6. The lowest BCUT2D eigenvalue weighted by Crippen LogP contribution is -2.17. The minimum atomic E-state index is -0.359. The Morgan fingerprint density at radius 2 is 1.88 bits per heavy atom. The number of hydrazone groups is 1. The molecule has 4 rings (SSSR count). The maximum atomic E-state index is 12.2. The molecule has 2 aliphatic rings. The van der Waals surface area contributed by atoms with Crippen LogP contribution in [0.2, 0.25) is 0 Å². The van der Waals surface area contributed by atoms with Crippen LogP contribution >= 0.6 is 0 Å². The monoisotopic (exact) mass is 342 g/mol. The molecule has 8 heteroatoms. The summed E-state index contributed by atoms with van der Waals surface area (Å²) in [7, 11) is 1.54. The molecule has 0 radical (unpaired) electrons. The fourth-order valence-electron chi connectivity index (χ4n) is 2.49. The largest absolute Gasteiger partial charge is 0.493 e. The molecule has 0 saturated heterocycles. The van der Waals surface area contributed by atoms with Crippen molar-refractivity contribution in [3.8, 4) is 28.7 Å². The Morgan fingerprint density at radius 3 is 2.76 bits per heavy atom. The Balaban J connectivity index is 1.47. The van der Waals surface area contributed by atoms with Gasteiger partial charge >= 0.3 is 0 Å². The predicted molar refractivity (Wildman–Crippen MR) is 86.7 cm³/mol. The van der Waals surface area contributed by atoms with Gasteiger partial charge in [0.15, 0.2) is 23.0 Å². The molecule has 1 amide bonds. The third kappa shape index (κ3) is 2.89. The normalized spacial score (nSPS) is 14.0. The fraction of sp³-hybridized carbons (Fsp3) is 0.176. The molecule has 128 valence electrons. The molecule has 8 nitrogen and oxygen atoms in total. The predicted octanol–water partition coefficient (Wildman–Crippen LogP) is 1.92. The number of ether oxygens (including phenoxy) is 5. The summed E-state index contributed by atoms with van der Waals surface area (Å²) in [5.41, 5.74) is 3.59. The van der Waals surface area contributed by atoms with Crippen LogP contribution in [-0.4, -0.2) is 32.8 Å². The van der Waals surface area contributed by atoms with Gasteiger partial charge in [0.05, 0.1) is 13.3 Å².